The van der Waals surface area contributed by atoms with Crippen LogP contribution in [-0.2, 0) is 19.4 Å². The van der Waals surface area contributed by atoms with E-state index in [1.807, 2.05) is 0 Å². The molecular weight excluding hydrogens is 278 g/mol. The highest BCUT2D eigenvalue weighted by Crippen LogP contribution is 2.33. The van der Waals surface area contributed by atoms with E-state index >= 15 is 0 Å². The number of aromatic nitrogens is 1. The number of rotatable bonds is 4. The predicted molar refractivity (Wildman–Crippen MR) is 88.6 cm³/mol. The van der Waals surface area contributed by atoms with E-state index in [0.29, 0.717) is 6.54 Å². The molecule has 0 fully saturated rings. The molecule has 2 aromatic rings. The van der Waals surface area contributed by atoms with Crippen LogP contribution in [0.1, 0.15) is 28.2 Å². The first-order chi connectivity index (χ1) is 10.1. The molecule has 3 nitrogen and oxygen atoms in total. The molecule has 0 saturated carbocycles. The van der Waals surface area contributed by atoms with Crippen LogP contribution >= 0.6 is 11.3 Å². The smallest absolute Gasteiger partial charge is 0.0897 e. The van der Waals surface area contributed by atoms with Crippen LogP contribution < -0.4 is 5.73 Å². The van der Waals surface area contributed by atoms with E-state index < -0.39 is 0 Å². The van der Waals surface area contributed by atoms with Crippen molar-refractivity contribution in [3.05, 3.63) is 51.5 Å². The highest BCUT2D eigenvalue weighted by molar-refractivity contribution is 7.09. The van der Waals surface area contributed by atoms with Gasteiger partial charge in [0.1, 0.15) is 0 Å². The molecule has 1 unspecified atom stereocenters. The SMILES string of the molecule is Cc1nc(CN(C)C2(CN)CCc3ccccc3C2)cs1. The number of nitrogens with two attached hydrogens (primary N) is 1. The number of aryl methyl sites for hydroxylation is 2. The molecule has 1 aliphatic carbocycles. The molecule has 0 saturated heterocycles. The summed E-state index contributed by atoms with van der Waals surface area (Å²) >= 11 is 1.72. The van der Waals surface area contributed by atoms with E-state index in [-0.39, 0.29) is 5.54 Å². The average Bonchev–Trinajstić information content (AvgIpc) is 2.91. The van der Waals surface area contributed by atoms with E-state index in [4.69, 9.17) is 5.73 Å². The second-order valence-corrected chi connectivity index (χ2v) is 7.15. The van der Waals surface area contributed by atoms with E-state index in [1.165, 1.54) is 11.1 Å². The molecule has 1 aliphatic rings. The van der Waals surface area contributed by atoms with Gasteiger partial charge in [-0.05, 0) is 44.4 Å². The Labute approximate surface area is 130 Å². The largest absolute Gasteiger partial charge is 0.329 e. The number of fused-ring (bicyclic) bond motifs is 1. The molecule has 0 amide bonds. The zero-order valence-corrected chi connectivity index (χ0v) is 13.6. The standard InChI is InChI=1S/C17H23N3S/c1-13-19-16(11-21-13)10-20(2)17(12-18)8-7-14-5-3-4-6-15(14)9-17/h3-6,11H,7-10,12,18H2,1-2H3. The van der Waals surface area contributed by atoms with Crippen LogP contribution in [0.3, 0.4) is 0 Å². The molecule has 0 spiro atoms. The van der Waals surface area contributed by atoms with Gasteiger partial charge in [0, 0.05) is 24.0 Å². The third-order valence-corrected chi connectivity index (χ3v) is 5.58. The van der Waals surface area contributed by atoms with Crippen LogP contribution in [0.15, 0.2) is 29.6 Å². The fourth-order valence-corrected chi connectivity index (χ4v) is 3.94. The molecule has 1 heterocycles. The van der Waals surface area contributed by atoms with Crippen molar-refractivity contribution >= 4 is 11.3 Å². The van der Waals surface area contributed by atoms with Gasteiger partial charge in [-0.25, -0.2) is 4.98 Å². The van der Waals surface area contributed by atoms with Crippen LogP contribution in [-0.4, -0.2) is 29.0 Å². The lowest BCUT2D eigenvalue weighted by Crippen LogP contribution is -2.55. The third-order valence-electron chi connectivity index (χ3n) is 4.75. The van der Waals surface area contributed by atoms with Crippen molar-refractivity contribution in [2.45, 2.75) is 38.3 Å². The van der Waals surface area contributed by atoms with Crippen molar-refractivity contribution in [1.82, 2.24) is 9.88 Å². The first-order valence-electron chi connectivity index (χ1n) is 7.52. The molecule has 1 aromatic heterocycles. The highest BCUT2D eigenvalue weighted by Gasteiger charge is 2.36. The van der Waals surface area contributed by atoms with Crippen LogP contribution in [0, 0.1) is 6.92 Å². The molecule has 0 bridgehead atoms. The van der Waals surface area contributed by atoms with Gasteiger partial charge >= 0.3 is 0 Å². The number of hydrogen-bond acceptors (Lipinski definition) is 4. The molecule has 1 aromatic carbocycles. The summed E-state index contributed by atoms with van der Waals surface area (Å²) < 4.78 is 0. The fraction of sp³-hybridized carbons (Fsp3) is 0.471. The van der Waals surface area contributed by atoms with Crippen LogP contribution in [0.25, 0.3) is 0 Å². The molecule has 21 heavy (non-hydrogen) atoms. The van der Waals surface area contributed by atoms with Crippen LogP contribution in [0.2, 0.25) is 0 Å². The van der Waals surface area contributed by atoms with Gasteiger partial charge in [0.25, 0.3) is 0 Å². The van der Waals surface area contributed by atoms with Crippen molar-refractivity contribution in [3.8, 4) is 0 Å². The van der Waals surface area contributed by atoms with Crippen LogP contribution in [0.5, 0.6) is 0 Å². The maximum atomic E-state index is 6.20. The van der Waals surface area contributed by atoms with Gasteiger partial charge in [-0.1, -0.05) is 24.3 Å². The minimum atomic E-state index is 0.0614. The first-order valence-corrected chi connectivity index (χ1v) is 8.40. The van der Waals surface area contributed by atoms with Gasteiger partial charge in [0.15, 0.2) is 0 Å². The Morgan fingerprint density at radius 2 is 2.10 bits per heavy atom. The van der Waals surface area contributed by atoms with E-state index in [0.717, 1.165) is 36.5 Å². The molecule has 3 rings (SSSR count). The molecule has 4 heteroatoms. The summed E-state index contributed by atoms with van der Waals surface area (Å²) in [6.45, 7) is 3.63. The Bertz CT molecular complexity index is 622. The second-order valence-electron chi connectivity index (χ2n) is 6.09. The zero-order valence-electron chi connectivity index (χ0n) is 12.8. The van der Waals surface area contributed by atoms with Crippen LogP contribution in [0.4, 0.5) is 0 Å². The Morgan fingerprint density at radius 3 is 2.76 bits per heavy atom. The van der Waals surface area contributed by atoms with Crippen molar-refractivity contribution < 1.29 is 0 Å². The number of benzene rings is 1. The number of nitrogens with zero attached hydrogens (tertiary/aromatic N) is 2. The predicted octanol–water partition coefficient (Wildman–Crippen LogP) is 2.77. The molecule has 0 radical (unpaired) electrons. The summed E-state index contributed by atoms with van der Waals surface area (Å²) in [6, 6.07) is 8.77. The molecule has 1 atom stereocenters. The van der Waals surface area contributed by atoms with Gasteiger partial charge in [0.2, 0.25) is 0 Å². The minimum absolute atomic E-state index is 0.0614. The Morgan fingerprint density at radius 1 is 1.33 bits per heavy atom. The lowest BCUT2D eigenvalue weighted by Gasteiger charge is -2.44. The Hall–Kier alpha value is -1.23. The topological polar surface area (TPSA) is 42.2 Å². The Balaban J connectivity index is 1.81. The van der Waals surface area contributed by atoms with Gasteiger partial charge in [-0.2, -0.15) is 0 Å². The monoisotopic (exact) mass is 301 g/mol. The minimum Gasteiger partial charge on any atom is -0.329 e. The van der Waals surface area contributed by atoms with Crippen molar-refractivity contribution in [2.24, 2.45) is 5.73 Å². The zero-order chi connectivity index (χ0) is 14.9. The number of likely N-dealkylation sites (N-methyl/N-ethyl adjacent to an activating group) is 1. The first kappa shape index (κ1) is 14.7. The van der Waals surface area contributed by atoms with Crippen molar-refractivity contribution in [3.63, 3.8) is 0 Å². The summed E-state index contributed by atoms with van der Waals surface area (Å²) in [4.78, 5) is 7.01. The molecule has 112 valence electrons. The van der Waals surface area contributed by atoms with Gasteiger partial charge < -0.3 is 5.73 Å². The highest BCUT2D eigenvalue weighted by atomic mass is 32.1. The fourth-order valence-electron chi connectivity index (χ4n) is 3.33. The summed E-state index contributed by atoms with van der Waals surface area (Å²) in [5.74, 6) is 0. The third kappa shape index (κ3) is 2.89. The normalized spacial score (nSPS) is 21.5. The lowest BCUT2D eigenvalue weighted by molar-refractivity contribution is 0.0998. The van der Waals surface area contributed by atoms with Gasteiger partial charge in [-0.3, -0.25) is 4.90 Å². The quantitative estimate of drug-likeness (QED) is 0.944. The summed E-state index contributed by atoms with van der Waals surface area (Å²) in [5.41, 5.74) is 10.4. The maximum absolute atomic E-state index is 6.20. The lowest BCUT2D eigenvalue weighted by atomic mass is 9.77. The van der Waals surface area contributed by atoms with E-state index in [1.54, 1.807) is 11.3 Å². The molecular formula is C17H23N3S. The second kappa shape index (κ2) is 5.87. The van der Waals surface area contributed by atoms with Gasteiger partial charge in [-0.15, -0.1) is 11.3 Å². The summed E-state index contributed by atoms with van der Waals surface area (Å²) in [7, 11) is 2.19. The van der Waals surface area contributed by atoms with E-state index in [2.05, 4.69) is 53.5 Å². The Kier molecular flexibility index (Phi) is 4.11. The summed E-state index contributed by atoms with van der Waals surface area (Å²) in [6.07, 6.45) is 3.28. The number of thiazole rings is 1. The molecule has 0 aliphatic heterocycles. The van der Waals surface area contributed by atoms with Gasteiger partial charge in [0.05, 0.1) is 10.7 Å². The van der Waals surface area contributed by atoms with E-state index in [9.17, 15) is 0 Å². The summed E-state index contributed by atoms with van der Waals surface area (Å²) in [5, 5.41) is 3.29. The van der Waals surface area contributed by atoms with Crippen molar-refractivity contribution in [1.29, 1.82) is 0 Å². The average molecular weight is 301 g/mol. The van der Waals surface area contributed by atoms with Crippen molar-refractivity contribution in [2.75, 3.05) is 13.6 Å². The molecule has 2 N–H and O–H groups in total. The maximum Gasteiger partial charge on any atom is 0.0897 e. The number of hydrogen-bond donors (Lipinski definition) is 1.